The molecule has 1 unspecified atom stereocenters. The van der Waals surface area contributed by atoms with E-state index in [4.69, 9.17) is 4.42 Å². The van der Waals surface area contributed by atoms with Gasteiger partial charge in [-0.15, -0.1) is 0 Å². The minimum absolute atomic E-state index is 0.150. The molecule has 0 saturated heterocycles. The molecular formula is C12H14N2O. The summed E-state index contributed by atoms with van der Waals surface area (Å²) in [7, 11) is 1.93. The van der Waals surface area contributed by atoms with Gasteiger partial charge in [0.25, 0.3) is 0 Å². The van der Waals surface area contributed by atoms with Crippen molar-refractivity contribution in [2.75, 3.05) is 7.05 Å². The summed E-state index contributed by atoms with van der Waals surface area (Å²) in [5, 5.41) is 3.26. The number of furan rings is 1. The van der Waals surface area contributed by atoms with E-state index < -0.39 is 0 Å². The molecule has 1 N–H and O–H groups in total. The zero-order valence-electron chi connectivity index (χ0n) is 8.90. The normalized spacial score (nSPS) is 12.7. The van der Waals surface area contributed by atoms with Gasteiger partial charge in [0.05, 0.1) is 12.3 Å². The van der Waals surface area contributed by atoms with E-state index in [1.165, 1.54) is 0 Å². The fourth-order valence-corrected chi connectivity index (χ4v) is 1.74. The highest BCUT2D eigenvalue weighted by molar-refractivity contribution is 5.30. The van der Waals surface area contributed by atoms with Crippen LogP contribution in [-0.4, -0.2) is 12.0 Å². The molecule has 2 heterocycles. The van der Waals surface area contributed by atoms with Crippen molar-refractivity contribution in [3.63, 3.8) is 0 Å². The van der Waals surface area contributed by atoms with Gasteiger partial charge in [0.15, 0.2) is 0 Å². The largest absolute Gasteiger partial charge is 0.469 e. The summed E-state index contributed by atoms with van der Waals surface area (Å²) in [4.78, 5) is 4.12. The van der Waals surface area contributed by atoms with E-state index >= 15 is 0 Å². The third kappa shape index (κ3) is 1.92. The third-order valence-electron chi connectivity index (χ3n) is 2.52. The molecule has 0 bridgehead atoms. The number of hydrogen-bond acceptors (Lipinski definition) is 3. The number of nitrogens with one attached hydrogen (secondary N) is 1. The van der Waals surface area contributed by atoms with E-state index in [1.807, 2.05) is 32.3 Å². The number of aryl methyl sites for hydroxylation is 1. The molecule has 0 aliphatic carbocycles. The number of aromatic nitrogens is 1. The zero-order chi connectivity index (χ0) is 10.7. The van der Waals surface area contributed by atoms with Crippen LogP contribution in [0.15, 0.2) is 41.3 Å². The van der Waals surface area contributed by atoms with Gasteiger partial charge in [0, 0.05) is 18.0 Å². The van der Waals surface area contributed by atoms with E-state index in [9.17, 15) is 0 Å². The Bertz CT molecular complexity index is 422. The Morgan fingerprint density at radius 2 is 2.27 bits per heavy atom. The summed E-state index contributed by atoms with van der Waals surface area (Å²) in [5.41, 5.74) is 2.30. The minimum atomic E-state index is 0.150. The van der Waals surface area contributed by atoms with Gasteiger partial charge in [-0.2, -0.15) is 0 Å². The maximum absolute atomic E-state index is 5.31. The fourth-order valence-electron chi connectivity index (χ4n) is 1.74. The highest BCUT2D eigenvalue weighted by atomic mass is 16.3. The lowest BCUT2D eigenvalue weighted by Gasteiger charge is -2.15. The Balaban J connectivity index is 2.37. The highest BCUT2D eigenvalue weighted by Crippen LogP contribution is 2.24. The summed E-state index contributed by atoms with van der Waals surface area (Å²) in [6, 6.07) is 6.14. The van der Waals surface area contributed by atoms with Crippen molar-refractivity contribution in [3.8, 4) is 0 Å². The zero-order valence-corrected chi connectivity index (χ0v) is 8.90. The third-order valence-corrected chi connectivity index (χ3v) is 2.52. The van der Waals surface area contributed by atoms with Crippen molar-refractivity contribution < 1.29 is 4.42 Å². The molecule has 0 amide bonds. The van der Waals surface area contributed by atoms with Crippen molar-refractivity contribution in [1.82, 2.24) is 10.3 Å². The molecule has 78 valence electrons. The summed E-state index contributed by atoms with van der Waals surface area (Å²) in [5.74, 6) is 0.943. The molecule has 2 aromatic heterocycles. The van der Waals surface area contributed by atoms with Gasteiger partial charge in [-0.3, -0.25) is 4.98 Å². The summed E-state index contributed by atoms with van der Waals surface area (Å²) in [6.07, 6.45) is 5.36. The van der Waals surface area contributed by atoms with Crippen molar-refractivity contribution >= 4 is 0 Å². The van der Waals surface area contributed by atoms with Crippen LogP contribution in [0.25, 0.3) is 0 Å². The van der Waals surface area contributed by atoms with Gasteiger partial charge in [-0.25, -0.2) is 0 Å². The first-order chi connectivity index (χ1) is 7.33. The molecule has 1 atom stereocenters. The first-order valence-electron chi connectivity index (χ1n) is 4.94. The predicted molar refractivity (Wildman–Crippen MR) is 58.6 cm³/mol. The molecule has 2 rings (SSSR count). The molecule has 0 aliphatic rings. The van der Waals surface area contributed by atoms with Gasteiger partial charge < -0.3 is 9.73 Å². The molecule has 2 aromatic rings. The standard InChI is InChI=1S/C12H14N2O/c1-9-11(5-7-15-9)12(13-2)10-4-3-6-14-8-10/h3-8,12-13H,1-2H3. The van der Waals surface area contributed by atoms with Crippen LogP contribution in [0.4, 0.5) is 0 Å². The second kappa shape index (κ2) is 4.28. The lowest BCUT2D eigenvalue weighted by atomic mass is 10.0. The predicted octanol–water partition coefficient (Wildman–Crippen LogP) is 2.29. The molecule has 0 radical (unpaired) electrons. The number of rotatable bonds is 3. The van der Waals surface area contributed by atoms with Crippen molar-refractivity contribution in [2.24, 2.45) is 0 Å². The average Bonchev–Trinajstić information content (AvgIpc) is 2.68. The lowest BCUT2D eigenvalue weighted by molar-refractivity contribution is 0.523. The van der Waals surface area contributed by atoms with Crippen molar-refractivity contribution in [2.45, 2.75) is 13.0 Å². The highest BCUT2D eigenvalue weighted by Gasteiger charge is 2.15. The van der Waals surface area contributed by atoms with Gasteiger partial charge in [-0.05, 0) is 31.7 Å². The van der Waals surface area contributed by atoms with Crippen molar-refractivity contribution in [1.29, 1.82) is 0 Å². The Labute approximate surface area is 89.1 Å². The quantitative estimate of drug-likeness (QED) is 0.829. The van der Waals surface area contributed by atoms with Crippen molar-refractivity contribution in [3.05, 3.63) is 53.7 Å². The van der Waals surface area contributed by atoms with E-state index in [2.05, 4.69) is 16.4 Å². The van der Waals surface area contributed by atoms with Crippen LogP contribution in [0.5, 0.6) is 0 Å². The molecule has 3 heteroatoms. The number of nitrogens with zero attached hydrogens (tertiary/aromatic N) is 1. The Kier molecular flexibility index (Phi) is 2.83. The number of hydrogen-bond donors (Lipinski definition) is 1. The molecular weight excluding hydrogens is 188 g/mol. The topological polar surface area (TPSA) is 38.1 Å². The monoisotopic (exact) mass is 202 g/mol. The summed E-state index contributed by atoms with van der Waals surface area (Å²) in [6.45, 7) is 1.97. The van der Waals surface area contributed by atoms with Crippen LogP contribution in [0.2, 0.25) is 0 Å². The first-order valence-corrected chi connectivity index (χ1v) is 4.94. The van der Waals surface area contributed by atoms with Crippen LogP contribution in [0, 0.1) is 6.92 Å². The lowest BCUT2D eigenvalue weighted by Crippen LogP contribution is -2.17. The van der Waals surface area contributed by atoms with E-state index in [0.29, 0.717) is 0 Å². The van der Waals surface area contributed by atoms with Crippen LogP contribution < -0.4 is 5.32 Å². The van der Waals surface area contributed by atoms with Crippen LogP contribution in [-0.2, 0) is 0 Å². The fraction of sp³-hybridized carbons (Fsp3) is 0.250. The van der Waals surface area contributed by atoms with Crippen LogP contribution >= 0.6 is 0 Å². The average molecular weight is 202 g/mol. The van der Waals surface area contributed by atoms with Gasteiger partial charge in [0.1, 0.15) is 5.76 Å². The summed E-state index contributed by atoms with van der Waals surface area (Å²) >= 11 is 0. The van der Waals surface area contributed by atoms with E-state index in [1.54, 1.807) is 12.5 Å². The second-order valence-electron chi connectivity index (χ2n) is 3.44. The van der Waals surface area contributed by atoms with Gasteiger partial charge in [-0.1, -0.05) is 6.07 Å². The molecule has 0 fully saturated rings. The Morgan fingerprint density at radius 1 is 1.40 bits per heavy atom. The molecule has 0 aromatic carbocycles. The van der Waals surface area contributed by atoms with Gasteiger partial charge >= 0.3 is 0 Å². The van der Waals surface area contributed by atoms with E-state index in [-0.39, 0.29) is 6.04 Å². The smallest absolute Gasteiger partial charge is 0.105 e. The minimum Gasteiger partial charge on any atom is -0.469 e. The van der Waals surface area contributed by atoms with Crippen LogP contribution in [0.1, 0.15) is 22.9 Å². The molecule has 15 heavy (non-hydrogen) atoms. The first kappa shape index (κ1) is 9.93. The Morgan fingerprint density at radius 3 is 2.80 bits per heavy atom. The maximum Gasteiger partial charge on any atom is 0.105 e. The van der Waals surface area contributed by atoms with Crippen LogP contribution in [0.3, 0.4) is 0 Å². The summed E-state index contributed by atoms with van der Waals surface area (Å²) < 4.78 is 5.31. The number of pyridine rings is 1. The molecule has 0 saturated carbocycles. The van der Waals surface area contributed by atoms with E-state index in [0.717, 1.165) is 16.9 Å². The SMILES string of the molecule is CNC(c1cccnc1)c1ccoc1C. The molecule has 3 nitrogen and oxygen atoms in total. The maximum atomic E-state index is 5.31. The second-order valence-corrected chi connectivity index (χ2v) is 3.44. The molecule has 0 aliphatic heterocycles. The van der Waals surface area contributed by atoms with Gasteiger partial charge in [0.2, 0.25) is 0 Å². The molecule has 0 spiro atoms. The Hall–Kier alpha value is -1.61.